The summed E-state index contributed by atoms with van der Waals surface area (Å²) in [7, 11) is 3.85. The van der Waals surface area contributed by atoms with Crippen molar-refractivity contribution in [3.05, 3.63) is 36.7 Å². The molecule has 6 heteroatoms. The van der Waals surface area contributed by atoms with Crippen LogP contribution in [0.25, 0.3) is 0 Å². The Labute approximate surface area is 118 Å². The lowest BCUT2D eigenvalue weighted by molar-refractivity contribution is -0.657. The van der Waals surface area contributed by atoms with Gasteiger partial charge in [-0.3, -0.25) is 0 Å². The molecule has 0 atom stereocenters. The van der Waals surface area contributed by atoms with Gasteiger partial charge in [0.25, 0.3) is 0 Å². The van der Waals surface area contributed by atoms with Gasteiger partial charge >= 0.3 is 5.95 Å². The van der Waals surface area contributed by atoms with E-state index in [2.05, 4.69) is 21.6 Å². The van der Waals surface area contributed by atoms with Crippen molar-refractivity contribution in [1.29, 1.82) is 5.26 Å². The smallest absolute Gasteiger partial charge is 0.384 e. The first-order valence-electron chi connectivity index (χ1n) is 6.34. The molecule has 1 N–H and O–H groups in total. The van der Waals surface area contributed by atoms with Gasteiger partial charge in [0.1, 0.15) is 5.69 Å². The molecule has 0 radical (unpaired) electrons. The predicted octanol–water partition coefficient (Wildman–Crippen LogP) is 2.59. The maximum Gasteiger partial charge on any atom is 0.421 e. The van der Waals surface area contributed by atoms with E-state index in [1.54, 1.807) is 0 Å². The Morgan fingerprint density at radius 2 is 2.05 bits per heavy atom. The third kappa shape index (κ3) is 3.42. The van der Waals surface area contributed by atoms with Crippen LogP contribution in [0.5, 0.6) is 0 Å². The molecule has 0 aliphatic carbocycles. The number of nitrogens with one attached hydrogen (secondary N) is 1. The van der Waals surface area contributed by atoms with Gasteiger partial charge in [-0.15, -0.1) is 0 Å². The molecule has 0 saturated heterocycles. The summed E-state index contributed by atoms with van der Waals surface area (Å²) in [6.07, 6.45) is 4.35. The van der Waals surface area contributed by atoms with Gasteiger partial charge in [-0.1, -0.05) is 5.11 Å². The SMILES string of the molecule is Cn1cc[n+](C)c1N=Nc1ccc(NCCC#N)cc1. The Hall–Kier alpha value is -2.68. The standard InChI is InChI=1S/C14H16N6/c1-19-10-11-20(2)14(19)18-17-13-6-4-12(5-7-13)16-9-3-8-15/h4-7,10-11H,3,9H2,1-2H3/p+1. The van der Waals surface area contributed by atoms with Crippen LogP contribution >= 0.6 is 0 Å². The van der Waals surface area contributed by atoms with Crippen molar-refractivity contribution in [2.24, 2.45) is 24.3 Å². The van der Waals surface area contributed by atoms with E-state index < -0.39 is 0 Å². The number of hydrogen-bond acceptors (Lipinski definition) is 4. The van der Waals surface area contributed by atoms with Gasteiger partial charge < -0.3 is 5.32 Å². The number of rotatable bonds is 5. The highest BCUT2D eigenvalue weighted by molar-refractivity contribution is 5.50. The third-order valence-electron chi connectivity index (χ3n) is 2.83. The van der Waals surface area contributed by atoms with E-state index in [1.165, 1.54) is 0 Å². The Morgan fingerprint density at radius 1 is 1.30 bits per heavy atom. The van der Waals surface area contributed by atoms with Crippen LogP contribution in [-0.4, -0.2) is 11.1 Å². The molecule has 6 nitrogen and oxygen atoms in total. The Bertz CT molecular complexity index is 613. The lowest BCUT2D eigenvalue weighted by Gasteiger charge is -2.02. The summed E-state index contributed by atoms with van der Waals surface area (Å²) in [5.74, 6) is 0.779. The van der Waals surface area contributed by atoms with Crippen LogP contribution in [0.3, 0.4) is 0 Å². The molecule has 0 saturated carbocycles. The number of nitriles is 1. The van der Waals surface area contributed by atoms with Gasteiger partial charge in [-0.2, -0.15) is 5.26 Å². The van der Waals surface area contributed by atoms with Crippen LogP contribution in [-0.2, 0) is 14.1 Å². The van der Waals surface area contributed by atoms with Crippen LogP contribution in [0.15, 0.2) is 46.9 Å². The zero-order chi connectivity index (χ0) is 14.4. The molecule has 0 fully saturated rings. The first-order chi connectivity index (χ1) is 9.70. The maximum absolute atomic E-state index is 8.47. The number of azo groups is 1. The normalized spacial score (nSPS) is 10.7. The van der Waals surface area contributed by atoms with Crippen molar-refractivity contribution in [3.8, 4) is 6.07 Å². The summed E-state index contributed by atoms with van der Waals surface area (Å²) >= 11 is 0. The third-order valence-corrected chi connectivity index (χ3v) is 2.83. The lowest BCUT2D eigenvalue weighted by atomic mass is 10.3. The molecule has 102 valence electrons. The van der Waals surface area contributed by atoms with Crippen LogP contribution in [0, 0.1) is 11.3 Å². The number of nitrogens with zero attached hydrogens (tertiary/aromatic N) is 5. The highest BCUT2D eigenvalue weighted by Crippen LogP contribution is 2.18. The van der Waals surface area contributed by atoms with E-state index in [1.807, 2.05) is 59.9 Å². The second-order valence-corrected chi connectivity index (χ2v) is 4.40. The van der Waals surface area contributed by atoms with Crippen LogP contribution in [0.4, 0.5) is 17.3 Å². The fraction of sp³-hybridized carbons (Fsp3) is 0.286. The van der Waals surface area contributed by atoms with E-state index in [4.69, 9.17) is 5.26 Å². The molecule has 0 aliphatic rings. The van der Waals surface area contributed by atoms with Crippen LogP contribution in [0.1, 0.15) is 6.42 Å². The molecule has 1 aromatic carbocycles. The van der Waals surface area contributed by atoms with Crippen LogP contribution < -0.4 is 9.88 Å². The van der Waals surface area contributed by atoms with E-state index >= 15 is 0 Å². The molecule has 0 unspecified atom stereocenters. The molecule has 2 rings (SSSR count). The molecular formula is C14H17N6+. The Kier molecular flexibility index (Phi) is 4.45. The summed E-state index contributed by atoms with van der Waals surface area (Å²) in [5, 5.41) is 20.1. The van der Waals surface area contributed by atoms with Crippen molar-refractivity contribution in [3.63, 3.8) is 0 Å². The first-order valence-corrected chi connectivity index (χ1v) is 6.34. The summed E-state index contributed by atoms with van der Waals surface area (Å²) in [4.78, 5) is 0. The van der Waals surface area contributed by atoms with Crippen LogP contribution in [0.2, 0.25) is 0 Å². The zero-order valence-electron chi connectivity index (χ0n) is 11.6. The average Bonchev–Trinajstić information content (AvgIpc) is 2.78. The number of benzene rings is 1. The van der Waals surface area contributed by atoms with E-state index in [0.717, 1.165) is 17.3 Å². The largest absolute Gasteiger partial charge is 0.421 e. The number of hydrogen-bond donors (Lipinski definition) is 1. The number of aryl methyl sites for hydroxylation is 2. The van der Waals surface area contributed by atoms with Gasteiger partial charge in [0.05, 0.1) is 39.0 Å². The zero-order valence-corrected chi connectivity index (χ0v) is 11.6. The monoisotopic (exact) mass is 269 g/mol. The highest BCUT2D eigenvalue weighted by atomic mass is 15.3. The molecule has 2 aromatic rings. The van der Waals surface area contributed by atoms with Gasteiger partial charge in [0.2, 0.25) is 0 Å². The van der Waals surface area contributed by atoms with E-state index in [9.17, 15) is 0 Å². The van der Waals surface area contributed by atoms with Gasteiger partial charge in [0.15, 0.2) is 0 Å². The fourth-order valence-corrected chi connectivity index (χ4v) is 1.73. The summed E-state index contributed by atoms with van der Waals surface area (Å²) < 4.78 is 3.81. The molecular weight excluding hydrogens is 252 g/mol. The van der Waals surface area contributed by atoms with Gasteiger partial charge in [-0.05, 0) is 24.3 Å². The second-order valence-electron chi connectivity index (χ2n) is 4.40. The Morgan fingerprint density at radius 3 is 2.65 bits per heavy atom. The van der Waals surface area contributed by atoms with E-state index in [0.29, 0.717) is 13.0 Å². The number of aromatic nitrogens is 2. The second kappa shape index (κ2) is 6.48. The molecule has 1 aromatic heterocycles. The summed E-state index contributed by atoms with van der Waals surface area (Å²) in [5.41, 5.74) is 1.76. The molecule has 0 amide bonds. The van der Waals surface area contributed by atoms with Crippen molar-refractivity contribution < 1.29 is 4.57 Å². The minimum atomic E-state index is 0.492. The van der Waals surface area contributed by atoms with Crippen molar-refractivity contribution in [1.82, 2.24) is 4.57 Å². The molecule has 20 heavy (non-hydrogen) atoms. The Balaban J connectivity index is 2.02. The van der Waals surface area contributed by atoms with Crippen molar-refractivity contribution >= 4 is 17.3 Å². The topological polar surface area (TPSA) is 69.3 Å². The molecule has 0 spiro atoms. The lowest BCUT2D eigenvalue weighted by Crippen LogP contribution is -2.25. The van der Waals surface area contributed by atoms with Gasteiger partial charge in [-0.25, -0.2) is 9.13 Å². The van der Waals surface area contributed by atoms with Gasteiger partial charge in [0, 0.05) is 17.3 Å². The maximum atomic E-state index is 8.47. The quantitative estimate of drug-likeness (QED) is 0.515. The fourth-order valence-electron chi connectivity index (χ4n) is 1.73. The van der Waals surface area contributed by atoms with Crippen molar-refractivity contribution in [2.45, 2.75) is 6.42 Å². The molecule has 0 bridgehead atoms. The number of imidazole rings is 1. The summed E-state index contributed by atoms with van der Waals surface area (Å²) in [6.45, 7) is 0.649. The highest BCUT2D eigenvalue weighted by Gasteiger charge is 2.09. The minimum absolute atomic E-state index is 0.492. The summed E-state index contributed by atoms with van der Waals surface area (Å²) in [6, 6.07) is 9.73. The molecule has 1 heterocycles. The number of anilines is 1. The molecule has 0 aliphatic heterocycles. The minimum Gasteiger partial charge on any atom is -0.384 e. The predicted molar refractivity (Wildman–Crippen MR) is 75.9 cm³/mol. The first kappa shape index (κ1) is 13.7. The average molecular weight is 269 g/mol. The van der Waals surface area contributed by atoms with E-state index in [-0.39, 0.29) is 0 Å². The van der Waals surface area contributed by atoms with Crippen molar-refractivity contribution in [2.75, 3.05) is 11.9 Å².